The Hall–Kier alpha value is -1.84. The molecule has 4 heteroatoms. The van der Waals surface area contributed by atoms with E-state index in [0.29, 0.717) is 12.6 Å². The van der Waals surface area contributed by atoms with Crippen molar-refractivity contribution in [2.24, 2.45) is 0 Å². The lowest BCUT2D eigenvalue weighted by molar-refractivity contribution is 0.111. The van der Waals surface area contributed by atoms with E-state index in [0.717, 1.165) is 6.07 Å². The summed E-state index contributed by atoms with van der Waals surface area (Å²) in [5.41, 5.74) is 0.126. The van der Waals surface area contributed by atoms with Crippen LogP contribution in [0.2, 0.25) is 0 Å². The molecule has 0 heterocycles. The van der Waals surface area contributed by atoms with Crippen molar-refractivity contribution in [3.8, 4) is 11.5 Å². The Labute approximate surface area is 74.4 Å². The van der Waals surface area contributed by atoms with Crippen molar-refractivity contribution in [2.75, 3.05) is 0 Å². The highest BCUT2D eigenvalue weighted by atomic mass is 16.3. The number of aldehydes is 2. The molecule has 0 aliphatic rings. The predicted octanol–water partition coefficient (Wildman–Crippen LogP) is 1.03. The van der Waals surface area contributed by atoms with E-state index >= 15 is 0 Å². The summed E-state index contributed by atoms with van der Waals surface area (Å²) in [4.78, 5) is 20.8. The maximum atomic E-state index is 10.4. The molecular formula is C9H8O4. The molecule has 0 spiro atoms. The Kier molecular flexibility index (Phi) is 2.32. The van der Waals surface area contributed by atoms with E-state index in [2.05, 4.69) is 0 Å². The minimum atomic E-state index is -0.293. The molecule has 0 saturated heterocycles. The normalized spacial score (nSPS) is 9.62. The second kappa shape index (κ2) is 3.26. The molecule has 68 valence electrons. The molecule has 1 aromatic rings. The van der Waals surface area contributed by atoms with Crippen molar-refractivity contribution in [1.82, 2.24) is 0 Å². The van der Waals surface area contributed by atoms with Gasteiger partial charge in [-0.1, -0.05) is 0 Å². The van der Waals surface area contributed by atoms with Gasteiger partial charge in [-0.15, -0.1) is 0 Å². The zero-order chi connectivity index (χ0) is 10.0. The van der Waals surface area contributed by atoms with Crippen LogP contribution in [-0.2, 0) is 0 Å². The largest absolute Gasteiger partial charge is 0.507 e. The molecule has 0 saturated carbocycles. The van der Waals surface area contributed by atoms with E-state index in [1.54, 1.807) is 0 Å². The van der Waals surface area contributed by atoms with E-state index in [1.165, 1.54) is 6.92 Å². The fourth-order valence-corrected chi connectivity index (χ4v) is 1.03. The third-order valence-electron chi connectivity index (χ3n) is 1.82. The Morgan fingerprint density at radius 2 is 1.46 bits per heavy atom. The van der Waals surface area contributed by atoms with Crippen LogP contribution in [0.1, 0.15) is 26.3 Å². The van der Waals surface area contributed by atoms with E-state index in [4.69, 9.17) is 0 Å². The van der Waals surface area contributed by atoms with Crippen LogP contribution in [0, 0.1) is 6.92 Å². The zero-order valence-electron chi connectivity index (χ0n) is 6.94. The molecule has 2 N–H and O–H groups in total. The van der Waals surface area contributed by atoms with E-state index in [-0.39, 0.29) is 28.2 Å². The van der Waals surface area contributed by atoms with E-state index < -0.39 is 0 Å². The van der Waals surface area contributed by atoms with Crippen LogP contribution in [-0.4, -0.2) is 22.8 Å². The maximum Gasteiger partial charge on any atom is 0.153 e. The van der Waals surface area contributed by atoms with Crippen molar-refractivity contribution in [1.29, 1.82) is 0 Å². The molecule has 0 aliphatic heterocycles. The fraction of sp³-hybridized carbons (Fsp3) is 0.111. The first-order valence-electron chi connectivity index (χ1n) is 3.57. The standard InChI is InChI=1S/C9H8O4/c1-5-8(12)6(3-10)2-7(4-11)9(5)13/h2-4,12-13H,1H3. The number of carbonyl (C=O) groups excluding carboxylic acids is 2. The highest BCUT2D eigenvalue weighted by Crippen LogP contribution is 2.31. The average Bonchev–Trinajstić information content (AvgIpc) is 2.15. The van der Waals surface area contributed by atoms with Crippen LogP contribution >= 0.6 is 0 Å². The quantitative estimate of drug-likeness (QED) is 0.666. The van der Waals surface area contributed by atoms with Gasteiger partial charge in [0.15, 0.2) is 12.6 Å². The van der Waals surface area contributed by atoms with Gasteiger partial charge in [-0.25, -0.2) is 0 Å². The van der Waals surface area contributed by atoms with Crippen LogP contribution in [0.4, 0.5) is 0 Å². The third kappa shape index (κ3) is 1.38. The maximum absolute atomic E-state index is 10.4. The number of aromatic hydroxyl groups is 2. The molecule has 0 radical (unpaired) electrons. The number of carbonyl (C=O) groups is 2. The fourth-order valence-electron chi connectivity index (χ4n) is 1.03. The van der Waals surface area contributed by atoms with Gasteiger partial charge in [0.1, 0.15) is 11.5 Å². The first-order valence-corrected chi connectivity index (χ1v) is 3.57. The molecule has 0 aliphatic carbocycles. The van der Waals surface area contributed by atoms with Gasteiger partial charge in [-0.3, -0.25) is 9.59 Å². The van der Waals surface area contributed by atoms with Crippen LogP contribution in [0.3, 0.4) is 0 Å². The van der Waals surface area contributed by atoms with Crippen molar-refractivity contribution >= 4 is 12.6 Å². The molecule has 13 heavy (non-hydrogen) atoms. The number of phenolic OH excluding ortho intramolecular Hbond substituents is 2. The van der Waals surface area contributed by atoms with Gasteiger partial charge in [-0.2, -0.15) is 0 Å². The molecule has 0 bridgehead atoms. The van der Waals surface area contributed by atoms with Gasteiger partial charge in [-0.05, 0) is 13.0 Å². The third-order valence-corrected chi connectivity index (χ3v) is 1.82. The molecule has 0 fully saturated rings. The second-order valence-corrected chi connectivity index (χ2v) is 2.61. The van der Waals surface area contributed by atoms with Crippen molar-refractivity contribution < 1.29 is 19.8 Å². The zero-order valence-corrected chi connectivity index (χ0v) is 6.94. The first-order chi connectivity index (χ1) is 6.11. The van der Waals surface area contributed by atoms with E-state index in [9.17, 15) is 19.8 Å². The Morgan fingerprint density at radius 3 is 1.77 bits per heavy atom. The van der Waals surface area contributed by atoms with Gasteiger partial charge in [0.2, 0.25) is 0 Å². The summed E-state index contributed by atoms with van der Waals surface area (Å²) in [7, 11) is 0. The number of hydrogen-bond acceptors (Lipinski definition) is 4. The summed E-state index contributed by atoms with van der Waals surface area (Å²) >= 11 is 0. The number of phenols is 2. The van der Waals surface area contributed by atoms with Crippen molar-refractivity contribution in [3.05, 3.63) is 22.8 Å². The Morgan fingerprint density at radius 1 is 1.08 bits per heavy atom. The molecule has 4 nitrogen and oxygen atoms in total. The molecule has 0 unspecified atom stereocenters. The number of hydrogen-bond donors (Lipinski definition) is 2. The van der Waals surface area contributed by atoms with Crippen LogP contribution in [0.5, 0.6) is 11.5 Å². The van der Waals surface area contributed by atoms with Crippen molar-refractivity contribution in [2.45, 2.75) is 6.92 Å². The van der Waals surface area contributed by atoms with Gasteiger partial charge >= 0.3 is 0 Å². The summed E-state index contributed by atoms with van der Waals surface area (Å²) in [6.07, 6.45) is 0.851. The SMILES string of the molecule is Cc1c(O)c(C=O)cc(C=O)c1O. The van der Waals surface area contributed by atoms with Crippen LogP contribution in [0.15, 0.2) is 6.07 Å². The lowest BCUT2D eigenvalue weighted by Crippen LogP contribution is -1.91. The van der Waals surface area contributed by atoms with Gasteiger partial charge < -0.3 is 10.2 Å². The molecule has 0 aromatic heterocycles. The number of rotatable bonds is 2. The second-order valence-electron chi connectivity index (χ2n) is 2.61. The molecule has 1 rings (SSSR count). The minimum Gasteiger partial charge on any atom is -0.507 e. The average molecular weight is 180 g/mol. The number of benzene rings is 1. The highest BCUT2D eigenvalue weighted by Gasteiger charge is 2.12. The monoisotopic (exact) mass is 180 g/mol. The molecule has 1 aromatic carbocycles. The molecule has 0 amide bonds. The van der Waals surface area contributed by atoms with Gasteiger partial charge in [0.05, 0.1) is 11.1 Å². The van der Waals surface area contributed by atoms with Crippen LogP contribution < -0.4 is 0 Å². The summed E-state index contributed by atoms with van der Waals surface area (Å²) in [6, 6.07) is 1.14. The first kappa shape index (κ1) is 9.25. The Bertz CT molecular complexity index is 336. The van der Waals surface area contributed by atoms with E-state index in [1.807, 2.05) is 0 Å². The minimum absolute atomic E-state index is 0.00241. The lowest BCUT2D eigenvalue weighted by atomic mass is 10.0. The van der Waals surface area contributed by atoms with Crippen LogP contribution in [0.25, 0.3) is 0 Å². The summed E-state index contributed by atoms with van der Waals surface area (Å²) in [5.74, 6) is -0.587. The summed E-state index contributed by atoms with van der Waals surface area (Å²) in [6.45, 7) is 1.42. The topological polar surface area (TPSA) is 74.6 Å². The highest BCUT2D eigenvalue weighted by molar-refractivity contribution is 5.88. The predicted molar refractivity (Wildman–Crippen MR) is 45.3 cm³/mol. The van der Waals surface area contributed by atoms with Gasteiger partial charge in [0.25, 0.3) is 0 Å². The molecule has 0 atom stereocenters. The Balaban J connectivity index is 3.53. The molecular weight excluding hydrogens is 172 g/mol. The van der Waals surface area contributed by atoms with Gasteiger partial charge in [0, 0.05) is 5.56 Å². The summed E-state index contributed by atoms with van der Waals surface area (Å²) in [5, 5.41) is 18.6. The summed E-state index contributed by atoms with van der Waals surface area (Å²) < 4.78 is 0. The van der Waals surface area contributed by atoms with Crippen molar-refractivity contribution in [3.63, 3.8) is 0 Å². The smallest absolute Gasteiger partial charge is 0.153 e. The lowest BCUT2D eigenvalue weighted by Gasteiger charge is -2.06.